The van der Waals surface area contributed by atoms with E-state index in [1.165, 1.54) is 0 Å². The fourth-order valence-corrected chi connectivity index (χ4v) is 3.88. The maximum atomic E-state index is 12.8. The summed E-state index contributed by atoms with van der Waals surface area (Å²) in [6, 6.07) is 20.3. The second-order valence-corrected chi connectivity index (χ2v) is 7.93. The largest absolute Gasteiger partial charge is 0.484 e. The average Bonchev–Trinajstić information content (AvgIpc) is 3.39. The SMILES string of the molecule is Cn1ccnc1C(NC(=O)COc1ccc2oc3ccccc3c2c1)c1ccc(Cl)cc1. The molecule has 0 saturated heterocycles. The lowest BCUT2D eigenvalue weighted by Crippen LogP contribution is -2.34. The van der Waals surface area contributed by atoms with Gasteiger partial charge >= 0.3 is 0 Å². The number of furan rings is 1. The van der Waals surface area contributed by atoms with Gasteiger partial charge in [-0.1, -0.05) is 41.9 Å². The van der Waals surface area contributed by atoms with Crippen LogP contribution in [0.15, 0.2) is 83.5 Å². The summed E-state index contributed by atoms with van der Waals surface area (Å²) in [6.45, 7) is -0.129. The number of aromatic nitrogens is 2. The van der Waals surface area contributed by atoms with Crippen molar-refractivity contribution in [3.63, 3.8) is 0 Å². The van der Waals surface area contributed by atoms with E-state index in [4.69, 9.17) is 20.8 Å². The van der Waals surface area contributed by atoms with Crippen molar-refractivity contribution in [3.05, 3.63) is 95.5 Å². The normalized spacial score (nSPS) is 12.2. The van der Waals surface area contributed by atoms with E-state index in [-0.39, 0.29) is 12.5 Å². The molecule has 5 rings (SSSR count). The number of carbonyl (C=O) groups is 1. The quantitative estimate of drug-likeness (QED) is 0.387. The second-order valence-electron chi connectivity index (χ2n) is 7.49. The Morgan fingerprint density at radius 3 is 2.66 bits per heavy atom. The molecule has 0 saturated carbocycles. The Labute approximate surface area is 189 Å². The molecule has 2 aromatic heterocycles. The van der Waals surface area contributed by atoms with Gasteiger partial charge in [0.1, 0.15) is 28.8 Å². The fourth-order valence-electron chi connectivity index (χ4n) is 3.75. The highest BCUT2D eigenvalue weighted by molar-refractivity contribution is 6.30. The number of benzene rings is 3. The van der Waals surface area contributed by atoms with Gasteiger partial charge in [0.15, 0.2) is 6.61 Å². The molecular formula is C25H20ClN3O3. The van der Waals surface area contributed by atoms with Crippen LogP contribution in [-0.2, 0) is 11.8 Å². The molecule has 1 unspecified atom stereocenters. The highest BCUT2D eigenvalue weighted by Crippen LogP contribution is 2.31. The zero-order chi connectivity index (χ0) is 22.1. The highest BCUT2D eigenvalue weighted by atomic mass is 35.5. The van der Waals surface area contributed by atoms with Crippen molar-refractivity contribution in [1.82, 2.24) is 14.9 Å². The first-order valence-electron chi connectivity index (χ1n) is 10.1. The van der Waals surface area contributed by atoms with Crippen LogP contribution in [0.1, 0.15) is 17.4 Å². The van der Waals surface area contributed by atoms with Gasteiger partial charge in [0, 0.05) is 35.2 Å². The summed E-state index contributed by atoms with van der Waals surface area (Å²) in [7, 11) is 1.89. The van der Waals surface area contributed by atoms with E-state index in [0.717, 1.165) is 27.5 Å². The van der Waals surface area contributed by atoms with Crippen LogP contribution >= 0.6 is 11.6 Å². The van der Waals surface area contributed by atoms with Crippen LogP contribution in [0.3, 0.4) is 0 Å². The van der Waals surface area contributed by atoms with E-state index in [1.54, 1.807) is 24.4 Å². The van der Waals surface area contributed by atoms with Gasteiger partial charge in [0.25, 0.3) is 5.91 Å². The molecule has 0 aliphatic carbocycles. The second kappa shape index (κ2) is 8.40. The number of halogens is 1. The number of hydrogen-bond acceptors (Lipinski definition) is 4. The van der Waals surface area contributed by atoms with Crippen molar-refractivity contribution in [2.75, 3.05) is 6.61 Å². The molecule has 0 aliphatic heterocycles. The Bertz CT molecular complexity index is 1410. The minimum Gasteiger partial charge on any atom is -0.484 e. The number of fused-ring (bicyclic) bond motifs is 3. The van der Waals surface area contributed by atoms with E-state index in [0.29, 0.717) is 16.6 Å². The smallest absolute Gasteiger partial charge is 0.258 e. The highest BCUT2D eigenvalue weighted by Gasteiger charge is 2.21. The minimum atomic E-state index is -0.427. The summed E-state index contributed by atoms with van der Waals surface area (Å²) >= 11 is 6.03. The minimum absolute atomic E-state index is 0.129. The molecule has 3 aromatic carbocycles. The van der Waals surface area contributed by atoms with Gasteiger partial charge in [-0.15, -0.1) is 0 Å². The van der Waals surface area contributed by atoms with Crippen LogP contribution in [0.4, 0.5) is 0 Å². The first kappa shape index (κ1) is 20.2. The molecule has 6 nitrogen and oxygen atoms in total. The van der Waals surface area contributed by atoms with E-state index in [1.807, 2.05) is 66.3 Å². The van der Waals surface area contributed by atoms with Crippen LogP contribution in [0.25, 0.3) is 21.9 Å². The van der Waals surface area contributed by atoms with Crippen LogP contribution < -0.4 is 10.1 Å². The molecule has 0 spiro atoms. The fraction of sp³-hybridized carbons (Fsp3) is 0.120. The van der Waals surface area contributed by atoms with Gasteiger partial charge in [-0.25, -0.2) is 4.98 Å². The molecule has 2 heterocycles. The number of imidazole rings is 1. The molecular weight excluding hydrogens is 426 g/mol. The lowest BCUT2D eigenvalue weighted by molar-refractivity contribution is -0.123. The van der Waals surface area contributed by atoms with Gasteiger partial charge < -0.3 is 19.0 Å². The van der Waals surface area contributed by atoms with Crippen molar-refractivity contribution in [3.8, 4) is 5.75 Å². The molecule has 0 radical (unpaired) electrons. The van der Waals surface area contributed by atoms with Crippen LogP contribution in [-0.4, -0.2) is 22.1 Å². The van der Waals surface area contributed by atoms with Crippen LogP contribution in [0.5, 0.6) is 5.75 Å². The standard InChI is InChI=1S/C25H20ClN3O3/c1-29-13-12-27-25(29)24(16-6-8-17(26)9-7-16)28-23(30)15-31-18-10-11-22-20(14-18)19-4-2-3-5-21(19)32-22/h2-14,24H,15H2,1H3,(H,28,30). The molecule has 160 valence electrons. The van der Waals surface area contributed by atoms with Gasteiger partial charge in [-0.05, 0) is 42.0 Å². The molecule has 1 N–H and O–H groups in total. The molecule has 0 aliphatic rings. The number of para-hydroxylation sites is 1. The predicted octanol–water partition coefficient (Wildman–Crippen LogP) is 5.26. The summed E-state index contributed by atoms with van der Waals surface area (Å²) in [6.07, 6.45) is 3.54. The summed E-state index contributed by atoms with van der Waals surface area (Å²) in [4.78, 5) is 17.2. The summed E-state index contributed by atoms with van der Waals surface area (Å²) < 4.78 is 13.5. The number of hydrogen-bond donors (Lipinski definition) is 1. The number of aryl methyl sites for hydroxylation is 1. The Balaban J connectivity index is 1.34. The first-order chi connectivity index (χ1) is 15.6. The average molecular weight is 446 g/mol. The molecule has 1 atom stereocenters. The van der Waals surface area contributed by atoms with Crippen molar-refractivity contribution < 1.29 is 13.9 Å². The van der Waals surface area contributed by atoms with Crippen LogP contribution in [0, 0.1) is 0 Å². The monoisotopic (exact) mass is 445 g/mol. The summed E-state index contributed by atoms with van der Waals surface area (Å²) in [5.74, 6) is 1.05. The van der Waals surface area contributed by atoms with Gasteiger partial charge in [0.05, 0.1) is 0 Å². The van der Waals surface area contributed by atoms with Crippen molar-refractivity contribution >= 4 is 39.4 Å². The van der Waals surface area contributed by atoms with Crippen molar-refractivity contribution in [1.29, 1.82) is 0 Å². The maximum absolute atomic E-state index is 12.8. The topological polar surface area (TPSA) is 69.3 Å². The molecule has 0 bridgehead atoms. The number of amides is 1. The Morgan fingerprint density at radius 2 is 1.88 bits per heavy atom. The maximum Gasteiger partial charge on any atom is 0.258 e. The lowest BCUT2D eigenvalue weighted by atomic mass is 10.1. The summed E-state index contributed by atoms with van der Waals surface area (Å²) in [5.41, 5.74) is 2.47. The third-order valence-electron chi connectivity index (χ3n) is 5.34. The first-order valence-corrected chi connectivity index (χ1v) is 10.5. The molecule has 7 heteroatoms. The number of carbonyl (C=O) groups excluding carboxylic acids is 1. The zero-order valence-electron chi connectivity index (χ0n) is 17.3. The zero-order valence-corrected chi connectivity index (χ0v) is 18.0. The summed E-state index contributed by atoms with van der Waals surface area (Å²) in [5, 5.41) is 5.61. The van der Waals surface area contributed by atoms with E-state index in [9.17, 15) is 4.79 Å². The third-order valence-corrected chi connectivity index (χ3v) is 5.60. The molecule has 32 heavy (non-hydrogen) atoms. The molecule has 5 aromatic rings. The Morgan fingerprint density at radius 1 is 1.09 bits per heavy atom. The number of ether oxygens (including phenoxy) is 1. The predicted molar refractivity (Wildman–Crippen MR) is 124 cm³/mol. The molecule has 1 amide bonds. The van der Waals surface area contributed by atoms with E-state index < -0.39 is 6.04 Å². The van der Waals surface area contributed by atoms with Crippen molar-refractivity contribution in [2.24, 2.45) is 7.05 Å². The van der Waals surface area contributed by atoms with E-state index in [2.05, 4.69) is 10.3 Å². The van der Waals surface area contributed by atoms with E-state index >= 15 is 0 Å². The van der Waals surface area contributed by atoms with Crippen LogP contribution in [0.2, 0.25) is 5.02 Å². The van der Waals surface area contributed by atoms with Gasteiger partial charge in [-0.3, -0.25) is 4.79 Å². The molecule has 0 fully saturated rings. The van der Waals surface area contributed by atoms with Gasteiger partial charge in [0.2, 0.25) is 0 Å². The van der Waals surface area contributed by atoms with Crippen molar-refractivity contribution in [2.45, 2.75) is 6.04 Å². The van der Waals surface area contributed by atoms with Gasteiger partial charge in [-0.2, -0.15) is 0 Å². The number of nitrogens with zero attached hydrogens (tertiary/aromatic N) is 2. The lowest BCUT2D eigenvalue weighted by Gasteiger charge is -2.19. The Hall–Kier alpha value is -3.77. The Kier molecular flexibility index (Phi) is 5.29. The third kappa shape index (κ3) is 3.92. The number of nitrogens with one attached hydrogen (secondary N) is 1. The number of rotatable bonds is 6.